The van der Waals surface area contributed by atoms with Gasteiger partial charge in [0.15, 0.2) is 0 Å². The molecule has 1 aliphatic rings. The average molecular weight is 187 g/mol. The fraction of sp³-hybridized carbons (Fsp3) is 0.333. The van der Waals surface area contributed by atoms with Gasteiger partial charge in [0.25, 0.3) is 0 Å². The summed E-state index contributed by atoms with van der Waals surface area (Å²) in [7, 11) is 0. The van der Waals surface area contributed by atoms with Crippen molar-refractivity contribution in [1.82, 2.24) is 0 Å². The zero-order valence-corrected chi connectivity index (χ0v) is 6.78. The minimum Gasteiger partial charge on any atom is -0.384 e. The molecule has 0 aromatic heterocycles. The molecule has 1 aliphatic heterocycles. The molecule has 1 aromatic carbocycles. The van der Waals surface area contributed by atoms with Crippen molar-refractivity contribution in [3.05, 3.63) is 29.3 Å². The molecule has 0 unspecified atom stereocenters. The summed E-state index contributed by atoms with van der Waals surface area (Å²) in [5, 5.41) is 2.91. The van der Waals surface area contributed by atoms with Crippen LogP contribution in [0.4, 0.5) is 18.9 Å². The van der Waals surface area contributed by atoms with Crippen molar-refractivity contribution in [2.45, 2.75) is 12.6 Å². The van der Waals surface area contributed by atoms with Gasteiger partial charge < -0.3 is 5.32 Å². The van der Waals surface area contributed by atoms with Crippen molar-refractivity contribution >= 4 is 5.69 Å². The second-order valence-electron chi connectivity index (χ2n) is 3.05. The van der Waals surface area contributed by atoms with E-state index in [1.807, 2.05) is 0 Å². The van der Waals surface area contributed by atoms with E-state index in [1.54, 1.807) is 0 Å². The lowest BCUT2D eigenvalue weighted by Crippen LogP contribution is -2.05. The summed E-state index contributed by atoms with van der Waals surface area (Å²) in [5.41, 5.74) is 1.00. The van der Waals surface area contributed by atoms with Gasteiger partial charge in [-0.25, -0.2) is 0 Å². The van der Waals surface area contributed by atoms with Crippen LogP contribution < -0.4 is 5.32 Å². The third-order valence-electron chi connectivity index (χ3n) is 2.15. The minimum absolute atomic E-state index is 0.583. The number of benzene rings is 1. The van der Waals surface area contributed by atoms with E-state index in [4.69, 9.17) is 0 Å². The number of hydrogen-bond acceptors (Lipinski definition) is 1. The number of alkyl halides is 3. The first kappa shape index (κ1) is 8.41. The Bertz CT molecular complexity index is 330. The van der Waals surface area contributed by atoms with Gasteiger partial charge >= 0.3 is 6.18 Å². The zero-order chi connectivity index (χ0) is 9.47. The van der Waals surface area contributed by atoms with E-state index in [2.05, 4.69) is 5.32 Å². The first-order valence-corrected chi connectivity index (χ1v) is 4.01. The van der Waals surface area contributed by atoms with Crippen LogP contribution in [0.3, 0.4) is 0 Å². The van der Waals surface area contributed by atoms with Crippen LogP contribution >= 0.6 is 0 Å². The monoisotopic (exact) mass is 187 g/mol. The number of hydrogen-bond donors (Lipinski definition) is 1. The SMILES string of the molecule is FC(F)(F)c1ccc2c(c1)NCC2. The van der Waals surface area contributed by atoms with Crippen LogP contribution in [0.2, 0.25) is 0 Å². The maximum absolute atomic E-state index is 12.2. The molecular formula is C9H8F3N. The van der Waals surface area contributed by atoms with Crippen LogP contribution in [0.1, 0.15) is 11.1 Å². The van der Waals surface area contributed by atoms with Crippen LogP contribution in [0.5, 0.6) is 0 Å². The number of anilines is 1. The van der Waals surface area contributed by atoms with E-state index in [-0.39, 0.29) is 0 Å². The van der Waals surface area contributed by atoms with Gasteiger partial charge in [-0.05, 0) is 24.1 Å². The van der Waals surface area contributed by atoms with E-state index in [9.17, 15) is 13.2 Å². The Morgan fingerprint density at radius 1 is 1.23 bits per heavy atom. The number of rotatable bonds is 0. The molecule has 0 spiro atoms. The van der Waals surface area contributed by atoms with Crippen molar-refractivity contribution in [1.29, 1.82) is 0 Å². The summed E-state index contributed by atoms with van der Waals surface area (Å²) in [6.07, 6.45) is -3.42. The summed E-state index contributed by atoms with van der Waals surface area (Å²) >= 11 is 0. The number of nitrogens with one attached hydrogen (secondary N) is 1. The molecule has 0 saturated carbocycles. The highest BCUT2D eigenvalue weighted by Crippen LogP contribution is 2.33. The lowest BCUT2D eigenvalue weighted by Gasteiger charge is -2.08. The molecule has 13 heavy (non-hydrogen) atoms. The predicted octanol–water partition coefficient (Wildman–Crippen LogP) is 2.67. The van der Waals surface area contributed by atoms with Gasteiger partial charge in [-0.15, -0.1) is 0 Å². The molecule has 0 aliphatic carbocycles. The molecule has 0 amide bonds. The smallest absolute Gasteiger partial charge is 0.384 e. The first-order chi connectivity index (χ1) is 6.07. The first-order valence-electron chi connectivity index (χ1n) is 4.01. The van der Waals surface area contributed by atoms with Crippen molar-refractivity contribution < 1.29 is 13.2 Å². The fourth-order valence-corrected chi connectivity index (χ4v) is 1.47. The highest BCUT2D eigenvalue weighted by molar-refractivity contribution is 5.57. The molecular weight excluding hydrogens is 179 g/mol. The Balaban J connectivity index is 2.42. The van der Waals surface area contributed by atoms with Crippen LogP contribution in [-0.2, 0) is 12.6 Å². The fourth-order valence-electron chi connectivity index (χ4n) is 1.47. The molecule has 0 saturated heterocycles. The summed E-state index contributed by atoms with van der Waals surface area (Å²) in [4.78, 5) is 0. The highest BCUT2D eigenvalue weighted by atomic mass is 19.4. The standard InChI is InChI=1S/C9H8F3N/c10-9(11,12)7-2-1-6-3-4-13-8(6)5-7/h1-2,5,13H,3-4H2. The topological polar surface area (TPSA) is 12.0 Å². The molecule has 2 rings (SSSR count). The lowest BCUT2D eigenvalue weighted by molar-refractivity contribution is -0.137. The summed E-state index contributed by atoms with van der Waals surface area (Å²) < 4.78 is 36.7. The van der Waals surface area contributed by atoms with E-state index in [0.29, 0.717) is 5.69 Å². The van der Waals surface area contributed by atoms with Gasteiger partial charge in [-0.3, -0.25) is 0 Å². The molecule has 0 atom stereocenters. The number of halogens is 3. The normalized spacial score (nSPS) is 15.3. The number of fused-ring (bicyclic) bond motifs is 1. The molecule has 4 heteroatoms. The van der Waals surface area contributed by atoms with Crippen molar-refractivity contribution in [2.24, 2.45) is 0 Å². The van der Waals surface area contributed by atoms with Gasteiger partial charge in [-0.2, -0.15) is 13.2 Å². The van der Waals surface area contributed by atoms with Crippen LogP contribution in [-0.4, -0.2) is 6.54 Å². The maximum Gasteiger partial charge on any atom is 0.416 e. The van der Waals surface area contributed by atoms with Gasteiger partial charge in [0.05, 0.1) is 5.56 Å². The largest absolute Gasteiger partial charge is 0.416 e. The summed E-state index contributed by atoms with van der Waals surface area (Å²) in [6.45, 7) is 0.733. The van der Waals surface area contributed by atoms with Gasteiger partial charge in [0, 0.05) is 12.2 Å². The third kappa shape index (κ3) is 1.48. The Hall–Kier alpha value is -1.19. The van der Waals surface area contributed by atoms with Crippen LogP contribution in [0, 0.1) is 0 Å². The molecule has 70 valence electrons. The van der Waals surface area contributed by atoms with Gasteiger partial charge in [-0.1, -0.05) is 6.07 Å². The molecule has 1 aromatic rings. The van der Waals surface area contributed by atoms with Crippen LogP contribution in [0.25, 0.3) is 0 Å². The summed E-state index contributed by atoms with van der Waals surface area (Å²) in [5.74, 6) is 0. The summed E-state index contributed by atoms with van der Waals surface area (Å²) in [6, 6.07) is 3.84. The minimum atomic E-state index is -4.24. The second kappa shape index (κ2) is 2.65. The van der Waals surface area contributed by atoms with Crippen molar-refractivity contribution in [2.75, 3.05) is 11.9 Å². The van der Waals surface area contributed by atoms with Crippen LogP contribution in [0.15, 0.2) is 18.2 Å². The van der Waals surface area contributed by atoms with E-state index in [0.717, 1.165) is 24.6 Å². The maximum atomic E-state index is 12.2. The molecule has 0 bridgehead atoms. The van der Waals surface area contributed by atoms with Crippen molar-refractivity contribution in [3.63, 3.8) is 0 Å². The molecule has 1 nitrogen and oxygen atoms in total. The Morgan fingerprint density at radius 2 is 2.00 bits per heavy atom. The predicted molar refractivity (Wildman–Crippen MR) is 43.6 cm³/mol. The average Bonchev–Trinajstić information content (AvgIpc) is 2.47. The Labute approximate surface area is 73.6 Å². The second-order valence-corrected chi connectivity index (χ2v) is 3.05. The highest BCUT2D eigenvalue weighted by Gasteiger charge is 2.31. The molecule has 0 fully saturated rings. The molecule has 1 heterocycles. The third-order valence-corrected chi connectivity index (χ3v) is 2.15. The quantitative estimate of drug-likeness (QED) is 0.658. The van der Waals surface area contributed by atoms with Crippen molar-refractivity contribution in [3.8, 4) is 0 Å². The molecule has 0 radical (unpaired) electrons. The Morgan fingerprint density at radius 3 is 2.69 bits per heavy atom. The van der Waals surface area contributed by atoms with Gasteiger partial charge in [0.2, 0.25) is 0 Å². The lowest BCUT2D eigenvalue weighted by atomic mass is 10.1. The van der Waals surface area contributed by atoms with E-state index < -0.39 is 11.7 Å². The zero-order valence-electron chi connectivity index (χ0n) is 6.78. The Kier molecular flexibility index (Phi) is 1.71. The van der Waals surface area contributed by atoms with E-state index in [1.165, 1.54) is 12.1 Å². The molecule has 1 N–H and O–H groups in total. The van der Waals surface area contributed by atoms with E-state index >= 15 is 0 Å². The van der Waals surface area contributed by atoms with Gasteiger partial charge in [0.1, 0.15) is 0 Å².